The van der Waals surface area contributed by atoms with E-state index in [4.69, 9.17) is 4.74 Å². The summed E-state index contributed by atoms with van der Waals surface area (Å²) < 4.78 is 9.81. The van der Waals surface area contributed by atoms with Gasteiger partial charge in [0.1, 0.15) is 5.75 Å². The number of aryl methyl sites for hydroxylation is 2. The molecule has 1 N–H and O–H groups in total. The van der Waals surface area contributed by atoms with Crippen molar-refractivity contribution in [1.29, 1.82) is 0 Å². The molecule has 4 nitrogen and oxygen atoms in total. The Labute approximate surface area is 108 Å². The minimum absolute atomic E-state index is 0.188. The smallest absolute Gasteiger partial charge is 0.305 e. The van der Waals surface area contributed by atoms with E-state index in [1.54, 1.807) is 7.11 Å². The summed E-state index contributed by atoms with van der Waals surface area (Å²) in [6.45, 7) is 3.97. The van der Waals surface area contributed by atoms with E-state index >= 15 is 0 Å². The van der Waals surface area contributed by atoms with Crippen molar-refractivity contribution in [2.45, 2.75) is 32.8 Å². The summed E-state index contributed by atoms with van der Waals surface area (Å²) in [5, 5.41) is 10.1. The molecule has 1 aromatic rings. The summed E-state index contributed by atoms with van der Waals surface area (Å²) in [5.41, 5.74) is 2.91. The molecule has 0 saturated heterocycles. The van der Waals surface area contributed by atoms with Gasteiger partial charge in [0.15, 0.2) is 0 Å². The molecule has 1 rings (SSSR count). The normalized spacial score (nSPS) is 12.1. The van der Waals surface area contributed by atoms with E-state index < -0.39 is 6.10 Å². The van der Waals surface area contributed by atoms with E-state index in [1.165, 1.54) is 7.11 Å². The number of rotatable bonds is 5. The molecule has 0 spiro atoms. The molecule has 0 fully saturated rings. The molecule has 0 aromatic heterocycles. The number of carbonyl (C=O) groups excluding carboxylic acids is 1. The maximum Gasteiger partial charge on any atom is 0.305 e. The zero-order chi connectivity index (χ0) is 13.7. The number of hydrogen-bond acceptors (Lipinski definition) is 4. The summed E-state index contributed by atoms with van der Waals surface area (Å²) in [7, 11) is 2.91. The number of carbonyl (C=O) groups is 1. The van der Waals surface area contributed by atoms with E-state index in [0.717, 1.165) is 11.1 Å². The summed E-state index contributed by atoms with van der Waals surface area (Å²) >= 11 is 0. The molecule has 1 unspecified atom stereocenters. The Kier molecular flexibility index (Phi) is 5.16. The molecule has 0 aliphatic heterocycles. The molecular weight excluding hydrogens is 232 g/mol. The van der Waals surface area contributed by atoms with Gasteiger partial charge in [0, 0.05) is 12.0 Å². The summed E-state index contributed by atoms with van der Waals surface area (Å²) in [6, 6.07) is 3.79. The van der Waals surface area contributed by atoms with Crippen LogP contribution < -0.4 is 4.74 Å². The van der Waals surface area contributed by atoms with Crippen LogP contribution in [0.4, 0.5) is 0 Å². The maximum absolute atomic E-state index is 11.1. The Bertz CT molecular complexity index is 426. The number of aliphatic hydroxyl groups is 1. The number of aliphatic hydroxyl groups excluding tert-OH is 1. The fourth-order valence-electron chi connectivity index (χ4n) is 1.76. The second-order valence-corrected chi connectivity index (χ2v) is 4.31. The molecule has 0 aliphatic carbocycles. The van der Waals surface area contributed by atoms with Gasteiger partial charge in [-0.15, -0.1) is 0 Å². The molecule has 4 heteroatoms. The highest BCUT2D eigenvalue weighted by Gasteiger charge is 2.16. The van der Waals surface area contributed by atoms with E-state index in [2.05, 4.69) is 4.74 Å². The molecule has 0 saturated carbocycles. The average Bonchev–Trinajstić information content (AvgIpc) is 2.37. The lowest BCUT2D eigenvalue weighted by Crippen LogP contribution is -2.06. The van der Waals surface area contributed by atoms with Gasteiger partial charge in [-0.3, -0.25) is 4.79 Å². The van der Waals surface area contributed by atoms with E-state index in [1.807, 2.05) is 26.0 Å². The van der Waals surface area contributed by atoms with Crippen LogP contribution in [0.15, 0.2) is 12.1 Å². The standard InChI is InChI=1S/C14H20O4/c1-9-7-11(13(17-3)8-10(9)2)12(15)5-6-14(16)18-4/h7-8,12,15H,5-6H2,1-4H3. The maximum atomic E-state index is 11.1. The number of ether oxygens (including phenoxy) is 2. The highest BCUT2D eigenvalue weighted by Crippen LogP contribution is 2.30. The fourth-order valence-corrected chi connectivity index (χ4v) is 1.76. The molecular formula is C14H20O4. The fraction of sp³-hybridized carbons (Fsp3) is 0.500. The molecule has 1 atom stereocenters. The van der Waals surface area contributed by atoms with Crippen molar-refractivity contribution in [2.75, 3.05) is 14.2 Å². The van der Waals surface area contributed by atoms with Gasteiger partial charge in [-0.25, -0.2) is 0 Å². The Morgan fingerprint density at radius 3 is 2.44 bits per heavy atom. The van der Waals surface area contributed by atoms with Gasteiger partial charge in [-0.1, -0.05) is 0 Å². The predicted octanol–water partition coefficient (Wildman–Crippen LogP) is 2.30. The minimum atomic E-state index is -0.724. The first-order chi connectivity index (χ1) is 8.49. The second kappa shape index (κ2) is 6.40. The van der Waals surface area contributed by atoms with Crippen LogP contribution in [0.25, 0.3) is 0 Å². The zero-order valence-corrected chi connectivity index (χ0v) is 11.3. The Morgan fingerprint density at radius 2 is 1.89 bits per heavy atom. The van der Waals surface area contributed by atoms with Crippen molar-refractivity contribution in [1.82, 2.24) is 0 Å². The van der Waals surface area contributed by atoms with Gasteiger partial charge < -0.3 is 14.6 Å². The topological polar surface area (TPSA) is 55.8 Å². The molecule has 0 radical (unpaired) electrons. The predicted molar refractivity (Wildman–Crippen MR) is 68.7 cm³/mol. The van der Waals surface area contributed by atoms with Gasteiger partial charge in [0.25, 0.3) is 0 Å². The van der Waals surface area contributed by atoms with Crippen LogP contribution in [-0.2, 0) is 9.53 Å². The number of hydrogen-bond donors (Lipinski definition) is 1. The highest BCUT2D eigenvalue weighted by atomic mass is 16.5. The quantitative estimate of drug-likeness (QED) is 0.817. The van der Waals surface area contributed by atoms with Crippen LogP contribution in [0, 0.1) is 13.8 Å². The number of methoxy groups -OCH3 is 2. The van der Waals surface area contributed by atoms with Crippen molar-refractivity contribution in [3.05, 3.63) is 28.8 Å². The van der Waals surface area contributed by atoms with Crippen LogP contribution in [0.5, 0.6) is 5.75 Å². The minimum Gasteiger partial charge on any atom is -0.496 e. The first kappa shape index (κ1) is 14.5. The monoisotopic (exact) mass is 252 g/mol. The second-order valence-electron chi connectivity index (χ2n) is 4.31. The van der Waals surface area contributed by atoms with Crippen molar-refractivity contribution in [3.8, 4) is 5.75 Å². The lowest BCUT2D eigenvalue weighted by molar-refractivity contribution is -0.141. The summed E-state index contributed by atoms with van der Waals surface area (Å²) in [6.07, 6.45) is -0.211. The van der Waals surface area contributed by atoms with E-state index in [9.17, 15) is 9.90 Å². The Morgan fingerprint density at radius 1 is 1.28 bits per heavy atom. The van der Waals surface area contributed by atoms with Crippen LogP contribution in [0.3, 0.4) is 0 Å². The number of esters is 1. The van der Waals surface area contributed by atoms with Crippen LogP contribution in [-0.4, -0.2) is 25.3 Å². The van der Waals surface area contributed by atoms with Crippen LogP contribution in [0.1, 0.15) is 35.6 Å². The van der Waals surface area contributed by atoms with Crippen molar-refractivity contribution >= 4 is 5.97 Å². The third-order valence-electron chi connectivity index (χ3n) is 3.05. The zero-order valence-electron chi connectivity index (χ0n) is 11.3. The SMILES string of the molecule is COC(=O)CCC(O)c1cc(C)c(C)cc1OC. The Balaban J connectivity index is 2.87. The van der Waals surface area contributed by atoms with Crippen molar-refractivity contribution in [2.24, 2.45) is 0 Å². The lowest BCUT2D eigenvalue weighted by atomic mass is 9.98. The first-order valence-corrected chi connectivity index (χ1v) is 5.89. The molecule has 0 aliphatic rings. The molecule has 18 heavy (non-hydrogen) atoms. The molecule has 0 amide bonds. The average molecular weight is 252 g/mol. The van der Waals surface area contributed by atoms with Crippen molar-refractivity contribution < 1.29 is 19.4 Å². The summed E-state index contributed by atoms with van der Waals surface area (Å²) in [4.78, 5) is 11.1. The summed E-state index contributed by atoms with van der Waals surface area (Å²) in [5.74, 6) is 0.326. The molecule has 0 bridgehead atoms. The highest BCUT2D eigenvalue weighted by molar-refractivity contribution is 5.69. The van der Waals surface area contributed by atoms with Gasteiger partial charge in [0.05, 0.1) is 20.3 Å². The molecule has 100 valence electrons. The molecule has 1 aromatic carbocycles. The first-order valence-electron chi connectivity index (χ1n) is 5.89. The third kappa shape index (κ3) is 3.47. The van der Waals surface area contributed by atoms with Crippen molar-refractivity contribution in [3.63, 3.8) is 0 Å². The molecule has 0 heterocycles. The van der Waals surface area contributed by atoms with Gasteiger partial charge >= 0.3 is 5.97 Å². The van der Waals surface area contributed by atoms with E-state index in [-0.39, 0.29) is 12.4 Å². The Hall–Kier alpha value is -1.55. The lowest BCUT2D eigenvalue weighted by Gasteiger charge is -2.16. The van der Waals surface area contributed by atoms with Gasteiger partial charge in [0.2, 0.25) is 0 Å². The number of benzene rings is 1. The van der Waals surface area contributed by atoms with Gasteiger partial charge in [-0.05, 0) is 43.5 Å². The third-order valence-corrected chi connectivity index (χ3v) is 3.05. The van der Waals surface area contributed by atoms with Gasteiger partial charge in [-0.2, -0.15) is 0 Å². The van der Waals surface area contributed by atoms with Crippen LogP contribution >= 0.6 is 0 Å². The van der Waals surface area contributed by atoms with E-state index in [0.29, 0.717) is 17.7 Å². The largest absolute Gasteiger partial charge is 0.496 e. The van der Waals surface area contributed by atoms with Crippen LogP contribution in [0.2, 0.25) is 0 Å².